The summed E-state index contributed by atoms with van der Waals surface area (Å²) in [5, 5.41) is 3.00. The van der Waals surface area contributed by atoms with E-state index in [1.54, 1.807) is 0 Å². The van der Waals surface area contributed by atoms with Crippen LogP contribution in [0.1, 0.15) is 76.8 Å². The third-order valence-electron chi connectivity index (χ3n) is 6.91. The Labute approximate surface area is 196 Å². The van der Waals surface area contributed by atoms with Gasteiger partial charge < -0.3 is 15.0 Å². The number of nitrogens with zero attached hydrogens (tertiary/aromatic N) is 1. The van der Waals surface area contributed by atoms with Gasteiger partial charge in [0.25, 0.3) is 0 Å². The van der Waals surface area contributed by atoms with Crippen LogP contribution in [0.2, 0.25) is 0 Å². The molecule has 0 radical (unpaired) electrons. The fraction of sp³-hybridized carbons (Fsp3) is 0.731. The molecule has 1 amide bonds. The number of alkyl carbamates (subject to hydrolysis) is 1. The zero-order valence-electron chi connectivity index (χ0n) is 20.2. The molecule has 4 nitrogen and oxygen atoms in total. The zero-order valence-corrected chi connectivity index (χ0v) is 20.2. The molecule has 0 spiro atoms. The molecule has 1 aliphatic heterocycles. The quantitative estimate of drug-likeness (QED) is 0.523. The Hall–Kier alpha value is -1.76. The molecule has 0 atom stereocenters. The number of hydrogen-bond donors (Lipinski definition) is 1. The summed E-state index contributed by atoms with van der Waals surface area (Å²) in [5.74, 6) is 1.16. The average Bonchev–Trinajstić information content (AvgIpc) is 2.72. The van der Waals surface area contributed by atoms with Crippen LogP contribution in [0.15, 0.2) is 24.3 Å². The Morgan fingerprint density at radius 3 is 2.30 bits per heavy atom. The molecule has 1 aromatic carbocycles. The number of rotatable bonds is 6. The van der Waals surface area contributed by atoms with Crippen molar-refractivity contribution in [1.82, 2.24) is 10.2 Å². The summed E-state index contributed by atoms with van der Waals surface area (Å²) < 4.78 is 44.2. The first kappa shape index (κ1) is 25.9. The van der Waals surface area contributed by atoms with Crippen molar-refractivity contribution in [3.63, 3.8) is 0 Å². The second kappa shape index (κ2) is 11.1. The van der Waals surface area contributed by atoms with Gasteiger partial charge in [-0.25, -0.2) is 4.79 Å². The first-order valence-corrected chi connectivity index (χ1v) is 12.4. The zero-order chi connectivity index (χ0) is 24.1. The standard InChI is InChI=1S/C26H39F3N2O2/c1-25(2,3)33-24(32)30-23-9-7-19(8-10-23)11-14-31-15-12-20(13-16-31)17-21-5-4-6-22(18-21)26(27,28)29/h4-6,18-20,23H,7-17H2,1-3H3,(H,30,32)/t19-,23-. The predicted molar refractivity (Wildman–Crippen MR) is 124 cm³/mol. The molecule has 1 saturated carbocycles. The highest BCUT2D eigenvalue weighted by molar-refractivity contribution is 5.68. The maximum absolute atomic E-state index is 12.9. The van der Waals surface area contributed by atoms with Crippen molar-refractivity contribution >= 4 is 6.09 Å². The Bertz CT molecular complexity index is 760. The lowest BCUT2D eigenvalue weighted by Crippen LogP contribution is -2.41. The number of halogens is 3. The van der Waals surface area contributed by atoms with Crippen LogP contribution in [-0.4, -0.2) is 42.3 Å². The van der Waals surface area contributed by atoms with E-state index in [2.05, 4.69) is 10.2 Å². The predicted octanol–water partition coefficient (Wildman–Crippen LogP) is 6.43. The molecule has 1 aliphatic carbocycles. The molecule has 2 fully saturated rings. The molecule has 1 heterocycles. The molecule has 186 valence electrons. The van der Waals surface area contributed by atoms with E-state index in [-0.39, 0.29) is 12.1 Å². The molecule has 0 unspecified atom stereocenters. The van der Waals surface area contributed by atoms with Crippen LogP contribution in [-0.2, 0) is 17.3 Å². The molecule has 1 saturated heterocycles. The molecule has 1 aromatic rings. The second-order valence-electron chi connectivity index (χ2n) is 10.8. The van der Waals surface area contributed by atoms with Crippen LogP contribution in [0.5, 0.6) is 0 Å². The molecule has 33 heavy (non-hydrogen) atoms. The van der Waals surface area contributed by atoms with Crippen LogP contribution in [0.4, 0.5) is 18.0 Å². The minimum Gasteiger partial charge on any atom is -0.444 e. The Balaban J connectivity index is 1.32. The Kier molecular flexibility index (Phi) is 8.70. The third kappa shape index (κ3) is 8.84. The van der Waals surface area contributed by atoms with Gasteiger partial charge in [0.15, 0.2) is 0 Å². The minimum atomic E-state index is -4.27. The van der Waals surface area contributed by atoms with E-state index in [1.165, 1.54) is 18.6 Å². The lowest BCUT2D eigenvalue weighted by Gasteiger charge is -2.34. The van der Waals surface area contributed by atoms with E-state index in [1.807, 2.05) is 26.8 Å². The van der Waals surface area contributed by atoms with E-state index in [4.69, 9.17) is 4.74 Å². The van der Waals surface area contributed by atoms with E-state index in [0.29, 0.717) is 11.8 Å². The minimum absolute atomic E-state index is 0.211. The van der Waals surface area contributed by atoms with Crippen molar-refractivity contribution in [2.24, 2.45) is 11.8 Å². The number of alkyl halides is 3. The SMILES string of the molecule is CC(C)(C)OC(=O)N[C@H]1CC[C@H](CCN2CCC(Cc3cccc(C(F)(F)F)c3)CC2)CC1. The molecule has 2 aliphatic rings. The summed E-state index contributed by atoms with van der Waals surface area (Å²) in [6, 6.07) is 6.00. The maximum atomic E-state index is 12.9. The molecular weight excluding hydrogens is 429 g/mol. The number of hydrogen-bond acceptors (Lipinski definition) is 3. The van der Waals surface area contributed by atoms with Crippen molar-refractivity contribution in [3.8, 4) is 0 Å². The van der Waals surface area contributed by atoms with E-state index < -0.39 is 17.3 Å². The summed E-state index contributed by atoms with van der Waals surface area (Å²) >= 11 is 0. The average molecular weight is 469 g/mol. The van der Waals surface area contributed by atoms with Crippen LogP contribution >= 0.6 is 0 Å². The highest BCUT2D eigenvalue weighted by atomic mass is 19.4. The van der Waals surface area contributed by atoms with Crippen molar-refractivity contribution in [2.45, 2.75) is 90.0 Å². The summed E-state index contributed by atoms with van der Waals surface area (Å²) in [7, 11) is 0. The number of carbonyl (C=O) groups excluding carboxylic acids is 1. The van der Waals surface area contributed by atoms with Crippen molar-refractivity contribution in [2.75, 3.05) is 19.6 Å². The van der Waals surface area contributed by atoms with Crippen molar-refractivity contribution < 1.29 is 22.7 Å². The number of likely N-dealkylation sites (tertiary alicyclic amines) is 1. The molecular formula is C26H39F3N2O2. The Morgan fingerprint density at radius 2 is 1.70 bits per heavy atom. The van der Waals surface area contributed by atoms with Gasteiger partial charge in [0.2, 0.25) is 0 Å². The highest BCUT2D eigenvalue weighted by Crippen LogP contribution is 2.31. The number of amides is 1. The lowest BCUT2D eigenvalue weighted by atomic mass is 9.83. The first-order valence-electron chi connectivity index (χ1n) is 12.4. The van der Waals surface area contributed by atoms with Gasteiger partial charge in [0.05, 0.1) is 5.56 Å². The summed E-state index contributed by atoms with van der Waals surface area (Å²) in [6.07, 6.45) is 3.67. The third-order valence-corrected chi connectivity index (χ3v) is 6.91. The number of benzene rings is 1. The summed E-state index contributed by atoms with van der Waals surface area (Å²) in [6.45, 7) is 8.76. The molecule has 3 rings (SSSR count). The monoisotopic (exact) mass is 468 g/mol. The van der Waals surface area contributed by atoms with Crippen LogP contribution in [0, 0.1) is 11.8 Å². The van der Waals surface area contributed by atoms with Gasteiger partial charge in [-0.3, -0.25) is 0 Å². The fourth-order valence-corrected chi connectivity index (χ4v) is 5.06. The normalized spacial score (nSPS) is 23.3. The molecule has 1 N–H and O–H groups in total. The number of carbonyl (C=O) groups is 1. The number of piperidine rings is 1. The van der Waals surface area contributed by atoms with Crippen LogP contribution < -0.4 is 5.32 Å². The lowest BCUT2D eigenvalue weighted by molar-refractivity contribution is -0.137. The van der Waals surface area contributed by atoms with E-state index in [9.17, 15) is 18.0 Å². The van der Waals surface area contributed by atoms with Gasteiger partial charge >= 0.3 is 12.3 Å². The first-order chi connectivity index (χ1) is 15.5. The molecule has 0 aromatic heterocycles. The van der Waals surface area contributed by atoms with Gasteiger partial charge in [-0.05, 0) is 115 Å². The van der Waals surface area contributed by atoms with Crippen LogP contribution in [0.25, 0.3) is 0 Å². The van der Waals surface area contributed by atoms with Crippen molar-refractivity contribution in [3.05, 3.63) is 35.4 Å². The van der Waals surface area contributed by atoms with Gasteiger partial charge in [0, 0.05) is 6.04 Å². The smallest absolute Gasteiger partial charge is 0.416 e. The van der Waals surface area contributed by atoms with Crippen molar-refractivity contribution in [1.29, 1.82) is 0 Å². The fourth-order valence-electron chi connectivity index (χ4n) is 5.06. The van der Waals surface area contributed by atoms with Crippen LogP contribution in [0.3, 0.4) is 0 Å². The maximum Gasteiger partial charge on any atom is 0.416 e. The number of nitrogens with one attached hydrogen (secondary N) is 1. The van der Waals surface area contributed by atoms with E-state index in [0.717, 1.165) is 76.2 Å². The van der Waals surface area contributed by atoms with E-state index >= 15 is 0 Å². The second-order valence-corrected chi connectivity index (χ2v) is 10.8. The van der Waals surface area contributed by atoms with Gasteiger partial charge in [-0.1, -0.05) is 18.2 Å². The Morgan fingerprint density at radius 1 is 1.03 bits per heavy atom. The topological polar surface area (TPSA) is 41.6 Å². The highest BCUT2D eigenvalue weighted by Gasteiger charge is 2.31. The number of ether oxygens (including phenoxy) is 1. The summed E-state index contributed by atoms with van der Waals surface area (Å²) in [4.78, 5) is 14.5. The largest absolute Gasteiger partial charge is 0.444 e. The van der Waals surface area contributed by atoms with Gasteiger partial charge in [0.1, 0.15) is 5.60 Å². The van der Waals surface area contributed by atoms with Gasteiger partial charge in [-0.15, -0.1) is 0 Å². The molecule has 0 bridgehead atoms. The van der Waals surface area contributed by atoms with Gasteiger partial charge in [-0.2, -0.15) is 13.2 Å². The molecule has 7 heteroatoms. The summed E-state index contributed by atoms with van der Waals surface area (Å²) in [5.41, 5.74) is -0.226.